The third kappa shape index (κ3) is 4.03. The maximum absolute atomic E-state index is 13.2. The van der Waals surface area contributed by atoms with Gasteiger partial charge in [-0.1, -0.05) is 54.6 Å². The number of nitrogens with zero attached hydrogens (tertiary/aromatic N) is 1. The first-order valence-electron chi connectivity index (χ1n) is 9.62. The molecule has 0 saturated carbocycles. The number of carbonyl (C=O) groups excluding carboxylic acids is 1. The minimum atomic E-state index is -1.09. The predicted octanol–water partition coefficient (Wildman–Crippen LogP) is 4.71. The number of H-pyrrole nitrogens is 1. The number of para-hydroxylation sites is 3. The van der Waals surface area contributed by atoms with Crippen molar-refractivity contribution < 1.29 is 14.7 Å². The highest BCUT2D eigenvalue weighted by atomic mass is 16.4. The number of aromatic nitrogens is 1. The topological polar surface area (TPSA) is 85.4 Å². The van der Waals surface area contributed by atoms with Crippen molar-refractivity contribution in [2.75, 3.05) is 4.90 Å². The summed E-state index contributed by atoms with van der Waals surface area (Å²) in [7, 11) is 0. The molecule has 0 saturated heterocycles. The molecule has 6 heteroatoms. The largest absolute Gasteiger partial charge is 0.480 e. The zero-order valence-corrected chi connectivity index (χ0v) is 16.2. The van der Waals surface area contributed by atoms with Gasteiger partial charge in [0.25, 0.3) is 0 Å². The van der Waals surface area contributed by atoms with Crippen molar-refractivity contribution in [3.05, 3.63) is 96.7 Å². The maximum atomic E-state index is 13.2. The fraction of sp³-hybridized carbons (Fsp3) is 0.0833. The molecule has 0 radical (unpaired) electrons. The molecule has 1 aromatic heterocycles. The summed E-state index contributed by atoms with van der Waals surface area (Å²) in [5.41, 5.74) is 3.07. The number of carboxylic acids is 1. The molecule has 0 unspecified atom stereocenters. The lowest BCUT2D eigenvalue weighted by Crippen LogP contribution is -2.47. The van der Waals surface area contributed by atoms with Crippen LogP contribution in [0.15, 0.2) is 91.1 Å². The van der Waals surface area contributed by atoms with E-state index < -0.39 is 18.0 Å². The van der Waals surface area contributed by atoms with Crippen LogP contribution in [0.1, 0.15) is 5.56 Å². The van der Waals surface area contributed by atoms with E-state index >= 15 is 0 Å². The molecular weight excluding hydrogens is 378 g/mol. The molecular formula is C24H21N3O3. The standard InChI is InChI=1S/C24H21N3O3/c28-23(29)22(15-17-16-25-21-14-8-7-13-20(17)21)26-24(30)27(18-9-3-1-4-10-18)19-11-5-2-6-12-19/h1-14,16,22,25H,15H2,(H,26,30)(H,28,29)/t22-/m0/s1. The monoisotopic (exact) mass is 399 g/mol. The first-order chi connectivity index (χ1) is 14.6. The fourth-order valence-electron chi connectivity index (χ4n) is 3.47. The van der Waals surface area contributed by atoms with E-state index in [1.807, 2.05) is 84.9 Å². The number of carboxylic acid groups (broad SMARTS) is 1. The number of fused-ring (bicyclic) bond motifs is 1. The number of aliphatic carboxylic acids is 1. The molecule has 0 bridgehead atoms. The molecule has 2 amide bonds. The average Bonchev–Trinajstić information content (AvgIpc) is 3.18. The Labute approximate surface area is 173 Å². The minimum Gasteiger partial charge on any atom is -0.480 e. The van der Waals surface area contributed by atoms with E-state index in [1.165, 1.54) is 4.90 Å². The van der Waals surface area contributed by atoms with Crippen molar-refractivity contribution in [3.63, 3.8) is 0 Å². The molecule has 150 valence electrons. The molecule has 0 aliphatic rings. The number of benzene rings is 3. The fourth-order valence-corrected chi connectivity index (χ4v) is 3.47. The molecule has 0 aliphatic heterocycles. The van der Waals surface area contributed by atoms with Crippen molar-refractivity contribution >= 4 is 34.3 Å². The summed E-state index contributed by atoms with van der Waals surface area (Å²) in [6, 6.07) is 24.4. The number of nitrogens with one attached hydrogen (secondary N) is 2. The highest BCUT2D eigenvalue weighted by Gasteiger charge is 2.26. The van der Waals surface area contributed by atoms with Crippen molar-refractivity contribution in [1.82, 2.24) is 10.3 Å². The van der Waals surface area contributed by atoms with E-state index in [4.69, 9.17) is 0 Å². The van der Waals surface area contributed by atoms with Gasteiger partial charge < -0.3 is 15.4 Å². The van der Waals surface area contributed by atoms with E-state index in [0.717, 1.165) is 16.5 Å². The molecule has 1 heterocycles. The Hall–Kier alpha value is -4.06. The molecule has 4 aromatic rings. The molecule has 0 spiro atoms. The third-order valence-electron chi connectivity index (χ3n) is 4.93. The number of hydrogen-bond donors (Lipinski definition) is 3. The zero-order valence-electron chi connectivity index (χ0n) is 16.2. The van der Waals surface area contributed by atoms with Crippen molar-refractivity contribution in [1.29, 1.82) is 0 Å². The number of amides is 2. The Balaban J connectivity index is 1.61. The van der Waals surface area contributed by atoms with E-state index in [0.29, 0.717) is 11.4 Å². The first kappa shape index (κ1) is 19.3. The summed E-state index contributed by atoms with van der Waals surface area (Å²) < 4.78 is 0. The quantitative estimate of drug-likeness (QED) is 0.439. The van der Waals surface area contributed by atoms with E-state index in [1.54, 1.807) is 6.20 Å². The Morgan fingerprint density at radius 3 is 2.03 bits per heavy atom. The van der Waals surface area contributed by atoms with Crippen LogP contribution in [0.4, 0.5) is 16.2 Å². The van der Waals surface area contributed by atoms with Crippen LogP contribution in [-0.4, -0.2) is 28.1 Å². The summed E-state index contributed by atoms with van der Waals surface area (Å²) in [4.78, 5) is 29.8. The van der Waals surface area contributed by atoms with Gasteiger partial charge in [0.15, 0.2) is 0 Å². The molecule has 0 fully saturated rings. The number of aromatic amines is 1. The lowest BCUT2D eigenvalue weighted by atomic mass is 10.1. The van der Waals surface area contributed by atoms with Gasteiger partial charge in [0, 0.05) is 23.5 Å². The molecule has 6 nitrogen and oxygen atoms in total. The van der Waals surface area contributed by atoms with Gasteiger partial charge in [-0.15, -0.1) is 0 Å². The van der Waals surface area contributed by atoms with Gasteiger partial charge in [-0.25, -0.2) is 9.59 Å². The van der Waals surface area contributed by atoms with Crippen LogP contribution in [0.3, 0.4) is 0 Å². The Morgan fingerprint density at radius 2 is 1.43 bits per heavy atom. The van der Waals surface area contributed by atoms with E-state index in [2.05, 4.69) is 10.3 Å². The van der Waals surface area contributed by atoms with Crippen molar-refractivity contribution in [3.8, 4) is 0 Å². The summed E-state index contributed by atoms with van der Waals surface area (Å²) in [5.74, 6) is -1.09. The maximum Gasteiger partial charge on any atom is 0.327 e. The van der Waals surface area contributed by atoms with Gasteiger partial charge in [-0.05, 0) is 35.9 Å². The van der Waals surface area contributed by atoms with Crippen molar-refractivity contribution in [2.24, 2.45) is 0 Å². The summed E-state index contributed by atoms with van der Waals surface area (Å²) >= 11 is 0. The molecule has 0 aliphatic carbocycles. The van der Waals surface area contributed by atoms with Gasteiger partial charge in [-0.2, -0.15) is 0 Å². The van der Waals surface area contributed by atoms with Crippen molar-refractivity contribution in [2.45, 2.75) is 12.5 Å². The van der Waals surface area contributed by atoms with Crippen LogP contribution in [-0.2, 0) is 11.2 Å². The van der Waals surface area contributed by atoms with Crippen LogP contribution in [0.2, 0.25) is 0 Å². The van der Waals surface area contributed by atoms with Gasteiger partial charge in [0.05, 0.1) is 11.4 Å². The lowest BCUT2D eigenvalue weighted by Gasteiger charge is -2.25. The number of hydrogen-bond acceptors (Lipinski definition) is 2. The highest BCUT2D eigenvalue weighted by molar-refractivity contribution is 6.01. The van der Waals surface area contributed by atoms with Crippen LogP contribution in [0.25, 0.3) is 10.9 Å². The van der Waals surface area contributed by atoms with Crippen LogP contribution < -0.4 is 10.2 Å². The van der Waals surface area contributed by atoms with Gasteiger partial charge in [0.2, 0.25) is 0 Å². The first-order valence-corrected chi connectivity index (χ1v) is 9.62. The number of urea groups is 1. The second-order valence-electron chi connectivity index (χ2n) is 6.91. The highest BCUT2D eigenvalue weighted by Crippen LogP contribution is 2.25. The predicted molar refractivity (Wildman–Crippen MR) is 117 cm³/mol. The molecule has 1 atom stereocenters. The smallest absolute Gasteiger partial charge is 0.327 e. The SMILES string of the molecule is O=C(O)[C@H](Cc1c[nH]c2ccccc12)NC(=O)N(c1ccccc1)c1ccccc1. The van der Waals surface area contributed by atoms with Gasteiger partial charge >= 0.3 is 12.0 Å². The molecule has 3 aromatic carbocycles. The minimum absolute atomic E-state index is 0.169. The Morgan fingerprint density at radius 1 is 0.867 bits per heavy atom. The molecule has 3 N–H and O–H groups in total. The number of rotatable bonds is 6. The second kappa shape index (κ2) is 8.53. The number of carbonyl (C=O) groups is 2. The Kier molecular flexibility index (Phi) is 5.48. The Bertz CT molecular complexity index is 1120. The van der Waals surface area contributed by atoms with E-state index in [-0.39, 0.29) is 6.42 Å². The van der Waals surface area contributed by atoms with Gasteiger partial charge in [-0.3, -0.25) is 4.90 Å². The van der Waals surface area contributed by atoms with Crippen LogP contribution in [0.5, 0.6) is 0 Å². The lowest BCUT2D eigenvalue weighted by molar-refractivity contribution is -0.139. The second-order valence-corrected chi connectivity index (χ2v) is 6.91. The third-order valence-corrected chi connectivity index (χ3v) is 4.93. The normalized spacial score (nSPS) is 11.7. The summed E-state index contributed by atoms with van der Waals surface area (Å²) in [6.07, 6.45) is 1.96. The summed E-state index contributed by atoms with van der Waals surface area (Å²) in [5, 5.41) is 13.4. The average molecular weight is 399 g/mol. The number of anilines is 2. The molecule has 30 heavy (non-hydrogen) atoms. The zero-order chi connectivity index (χ0) is 20.9. The summed E-state index contributed by atoms with van der Waals surface area (Å²) in [6.45, 7) is 0. The van der Waals surface area contributed by atoms with E-state index in [9.17, 15) is 14.7 Å². The van der Waals surface area contributed by atoms with Crippen LogP contribution in [0, 0.1) is 0 Å². The van der Waals surface area contributed by atoms with Crippen LogP contribution >= 0.6 is 0 Å². The van der Waals surface area contributed by atoms with Gasteiger partial charge in [0.1, 0.15) is 6.04 Å². The molecule has 4 rings (SSSR count).